The van der Waals surface area contributed by atoms with Crippen LogP contribution in [0.15, 0.2) is 30.3 Å². The zero-order valence-corrected chi connectivity index (χ0v) is 12.2. The first kappa shape index (κ1) is 14.7. The Labute approximate surface area is 119 Å². The number of benzene rings is 1. The predicted octanol–water partition coefficient (Wildman–Crippen LogP) is 2.30. The first-order chi connectivity index (χ1) is 9.28. The van der Waals surface area contributed by atoms with Crippen molar-refractivity contribution in [2.45, 2.75) is 36.7 Å². The van der Waals surface area contributed by atoms with Gasteiger partial charge in [0.15, 0.2) is 0 Å². The predicted molar refractivity (Wildman–Crippen MR) is 80.9 cm³/mol. The molecule has 3 atom stereocenters. The van der Waals surface area contributed by atoms with Crippen molar-refractivity contribution in [1.29, 1.82) is 0 Å². The number of rotatable bonds is 7. The number of nitrogens with one attached hydrogen (secondary N) is 1. The van der Waals surface area contributed by atoms with E-state index < -0.39 is 6.10 Å². The van der Waals surface area contributed by atoms with Crippen LogP contribution in [0.3, 0.4) is 0 Å². The first-order valence-electron chi connectivity index (χ1n) is 6.90. The summed E-state index contributed by atoms with van der Waals surface area (Å²) in [4.78, 5) is 0. The lowest BCUT2D eigenvalue weighted by Gasteiger charge is -2.17. The van der Waals surface area contributed by atoms with Gasteiger partial charge in [-0.1, -0.05) is 18.2 Å². The summed E-state index contributed by atoms with van der Waals surface area (Å²) in [6.07, 6.45) is 5.45. The first-order valence-corrected chi connectivity index (χ1v) is 8.19. The highest BCUT2D eigenvalue weighted by Crippen LogP contribution is 2.27. The molecule has 3 unspecified atom stereocenters. The summed E-state index contributed by atoms with van der Waals surface area (Å²) in [6, 6.07) is 10.2. The maximum absolute atomic E-state index is 9.90. The molecule has 0 saturated heterocycles. The fraction of sp³-hybridized carbons (Fsp3) is 0.600. The van der Waals surface area contributed by atoms with E-state index in [1.807, 2.05) is 42.1 Å². The molecular weight excluding hydrogens is 258 g/mol. The van der Waals surface area contributed by atoms with Gasteiger partial charge in [-0.3, -0.25) is 0 Å². The van der Waals surface area contributed by atoms with Crippen LogP contribution in [-0.2, 0) is 0 Å². The minimum Gasteiger partial charge on any atom is -0.491 e. The Bertz CT molecular complexity index is 360. The van der Waals surface area contributed by atoms with Crippen LogP contribution in [-0.4, -0.2) is 41.9 Å². The Morgan fingerprint density at radius 2 is 2.16 bits per heavy atom. The minimum absolute atomic E-state index is 0.343. The number of hydrogen-bond donors (Lipinski definition) is 2. The summed E-state index contributed by atoms with van der Waals surface area (Å²) >= 11 is 1.95. The van der Waals surface area contributed by atoms with Crippen LogP contribution in [0.2, 0.25) is 0 Å². The summed E-state index contributed by atoms with van der Waals surface area (Å²) in [5.74, 6) is 0.810. The minimum atomic E-state index is -0.450. The molecule has 0 amide bonds. The van der Waals surface area contributed by atoms with Crippen LogP contribution in [0.25, 0.3) is 0 Å². The largest absolute Gasteiger partial charge is 0.491 e. The number of aliphatic hydroxyl groups is 1. The van der Waals surface area contributed by atoms with Crippen molar-refractivity contribution >= 4 is 11.8 Å². The molecule has 2 N–H and O–H groups in total. The van der Waals surface area contributed by atoms with Gasteiger partial charge in [0, 0.05) is 17.8 Å². The van der Waals surface area contributed by atoms with Crippen LogP contribution in [0, 0.1) is 0 Å². The van der Waals surface area contributed by atoms with Gasteiger partial charge in [-0.15, -0.1) is 0 Å². The van der Waals surface area contributed by atoms with Crippen molar-refractivity contribution in [2.75, 3.05) is 19.4 Å². The van der Waals surface area contributed by atoms with Gasteiger partial charge in [0.25, 0.3) is 0 Å². The third-order valence-corrected chi connectivity index (χ3v) is 4.64. The van der Waals surface area contributed by atoms with Gasteiger partial charge < -0.3 is 15.2 Å². The SMILES string of the molecule is CSC1CCC(NCC(O)COc2ccccc2)C1. The molecule has 0 spiro atoms. The Balaban J connectivity index is 1.61. The Morgan fingerprint density at radius 3 is 2.84 bits per heavy atom. The van der Waals surface area contributed by atoms with Gasteiger partial charge in [-0.2, -0.15) is 11.8 Å². The molecule has 1 fully saturated rings. The van der Waals surface area contributed by atoms with Crippen LogP contribution in [0.5, 0.6) is 5.75 Å². The summed E-state index contributed by atoms with van der Waals surface area (Å²) in [7, 11) is 0. The normalized spacial score (nSPS) is 24.3. The fourth-order valence-electron chi connectivity index (χ4n) is 2.41. The quantitative estimate of drug-likeness (QED) is 0.805. The standard InChI is InChI=1S/C15H23NO2S/c1-19-15-8-7-12(9-15)16-10-13(17)11-18-14-5-3-2-4-6-14/h2-6,12-13,15-17H,7-11H2,1H3. The van der Waals surface area contributed by atoms with Gasteiger partial charge in [0.2, 0.25) is 0 Å². The summed E-state index contributed by atoms with van der Waals surface area (Å²) in [5.41, 5.74) is 0. The van der Waals surface area contributed by atoms with Gasteiger partial charge in [0.1, 0.15) is 18.5 Å². The molecule has 0 radical (unpaired) electrons. The van der Waals surface area contributed by atoms with Gasteiger partial charge >= 0.3 is 0 Å². The van der Waals surface area contributed by atoms with E-state index in [0.717, 1.165) is 11.0 Å². The zero-order valence-electron chi connectivity index (χ0n) is 11.4. The molecule has 0 aromatic heterocycles. The molecule has 1 aliphatic rings. The van der Waals surface area contributed by atoms with Crippen molar-refractivity contribution in [3.8, 4) is 5.75 Å². The van der Waals surface area contributed by atoms with E-state index in [-0.39, 0.29) is 0 Å². The Morgan fingerprint density at radius 1 is 1.37 bits per heavy atom. The maximum atomic E-state index is 9.90. The second kappa shape index (κ2) is 7.78. The highest BCUT2D eigenvalue weighted by molar-refractivity contribution is 7.99. The van der Waals surface area contributed by atoms with E-state index in [0.29, 0.717) is 19.2 Å². The molecule has 1 saturated carbocycles. The number of ether oxygens (including phenoxy) is 1. The lowest BCUT2D eigenvalue weighted by Crippen LogP contribution is -2.37. The van der Waals surface area contributed by atoms with Crippen molar-refractivity contribution < 1.29 is 9.84 Å². The Hall–Kier alpha value is -0.710. The third-order valence-electron chi connectivity index (χ3n) is 3.55. The third kappa shape index (κ3) is 5.05. The number of aliphatic hydroxyl groups excluding tert-OH is 1. The van der Waals surface area contributed by atoms with Crippen LogP contribution < -0.4 is 10.1 Å². The average molecular weight is 281 g/mol. The molecule has 19 heavy (non-hydrogen) atoms. The molecule has 0 bridgehead atoms. The van der Waals surface area contributed by atoms with Gasteiger partial charge in [0.05, 0.1) is 0 Å². The smallest absolute Gasteiger partial charge is 0.119 e. The van der Waals surface area contributed by atoms with Crippen molar-refractivity contribution in [3.05, 3.63) is 30.3 Å². The number of para-hydroxylation sites is 1. The highest BCUT2D eigenvalue weighted by atomic mass is 32.2. The Kier molecular flexibility index (Phi) is 6.01. The molecule has 1 aromatic carbocycles. The van der Waals surface area contributed by atoms with Crippen LogP contribution in [0.1, 0.15) is 19.3 Å². The van der Waals surface area contributed by atoms with Crippen LogP contribution in [0.4, 0.5) is 0 Å². The highest BCUT2D eigenvalue weighted by Gasteiger charge is 2.23. The average Bonchev–Trinajstić information content (AvgIpc) is 2.92. The van der Waals surface area contributed by atoms with Crippen LogP contribution >= 0.6 is 11.8 Å². The molecule has 1 aliphatic carbocycles. The second-order valence-electron chi connectivity index (χ2n) is 5.05. The maximum Gasteiger partial charge on any atom is 0.119 e. The van der Waals surface area contributed by atoms with Crippen molar-refractivity contribution in [2.24, 2.45) is 0 Å². The lowest BCUT2D eigenvalue weighted by atomic mass is 10.2. The van der Waals surface area contributed by atoms with E-state index in [2.05, 4.69) is 11.6 Å². The monoisotopic (exact) mass is 281 g/mol. The molecule has 0 aliphatic heterocycles. The topological polar surface area (TPSA) is 41.5 Å². The van der Waals surface area contributed by atoms with Crippen molar-refractivity contribution in [3.63, 3.8) is 0 Å². The molecule has 3 nitrogen and oxygen atoms in total. The van der Waals surface area contributed by atoms with Gasteiger partial charge in [-0.05, 0) is 37.7 Å². The number of hydrogen-bond acceptors (Lipinski definition) is 4. The summed E-state index contributed by atoms with van der Waals surface area (Å²) < 4.78 is 5.53. The van der Waals surface area contributed by atoms with E-state index >= 15 is 0 Å². The van der Waals surface area contributed by atoms with E-state index in [9.17, 15) is 5.11 Å². The zero-order chi connectivity index (χ0) is 13.5. The second-order valence-corrected chi connectivity index (χ2v) is 6.19. The van der Waals surface area contributed by atoms with Gasteiger partial charge in [-0.25, -0.2) is 0 Å². The molecular formula is C15H23NO2S. The summed E-state index contributed by atoms with van der Waals surface area (Å²) in [5, 5.41) is 14.1. The lowest BCUT2D eigenvalue weighted by molar-refractivity contribution is 0.104. The van der Waals surface area contributed by atoms with E-state index in [4.69, 9.17) is 4.74 Å². The summed E-state index contributed by atoms with van der Waals surface area (Å²) in [6.45, 7) is 0.953. The molecule has 2 rings (SSSR count). The van der Waals surface area contributed by atoms with Crippen molar-refractivity contribution in [1.82, 2.24) is 5.32 Å². The number of thioether (sulfide) groups is 1. The molecule has 4 heteroatoms. The molecule has 106 valence electrons. The molecule has 1 aromatic rings. The van der Waals surface area contributed by atoms with E-state index in [1.165, 1.54) is 19.3 Å². The molecule has 0 heterocycles. The van der Waals surface area contributed by atoms with E-state index in [1.54, 1.807) is 0 Å². The fourth-order valence-corrected chi connectivity index (χ4v) is 3.21.